The molecule has 2 rings (SSSR count). The number of hydrogen-bond donors (Lipinski definition) is 1. The van der Waals surface area contributed by atoms with Crippen LogP contribution in [0.15, 0.2) is 6.20 Å². The average molecular weight is 265 g/mol. The largest absolute Gasteiger partial charge is 0.396 e. The maximum absolute atomic E-state index is 12.6. The summed E-state index contributed by atoms with van der Waals surface area (Å²) in [6.07, 6.45) is 2.71. The van der Waals surface area contributed by atoms with Crippen LogP contribution >= 0.6 is 0 Å². The van der Waals surface area contributed by atoms with Crippen molar-refractivity contribution in [1.82, 2.24) is 19.6 Å². The third kappa shape index (κ3) is 2.89. The van der Waals surface area contributed by atoms with Crippen LogP contribution in [0.3, 0.4) is 0 Å². The van der Waals surface area contributed by atoms with Crippen LogP contribution in [0.1, 0.15) is 30.8 Å². The third-order valence-electron chi connectivity index (χ3n) is 3.62. The van der Waals surface area contributed by atoms with E-state index < -0.39 is 0 Å². The lowest BCUT2D eigenvalue weighted by molar-refractivity contribution is 0.0690. The second-order valence-corrected chi connectivity index (χ2v) is 5.25. The minimum atomic E-state index is -0.0486. The Hall–Kier alpha value is -1.56. The Morgan fingerprint density at radius 3 is 2.89 bits per heavy atom. The van der Waals surface area contributed by atoms with E-state index in [-0.39, 0.29) is 11.9 Å². The van der Waals surface area contributed by atoms with Gasteiger partial charge in [-0.3, -0.25) is 9.48 Å². The molecule has 0 bridgehead atoms. The van der Waals surface area contributed by atoms with Gasteiger partial charge in [0.25, 0.3) is 5.91 Å². The molecule has 2 N–H and O–H groups in total. The van der Waals surface area contributed by atoms with Crippen LogP contribution in [-0.2, 0) is 6.54 Å². The van der Waals surface area contributed by atoms with Crippen molar-refractivity contribution in [2.45, 2.75) is 32.9 Å². The molecule has 1 fully saturated rings. The predicted octanol–water partition coefficient (Wildman–Crippen LogP) is 0.651. The number of amides is 1. The lowest BCUT2D eigenvalue weighted by Crippen LogP contribution is -2.42. The summed E-state index contributed by atoms with van der Waals surface area (Å²) in [5.41, 5.74) is 6.75. The zero-order chi connectivity index (χ0) is 14.0. The van der Waals surface area contributed by atoms with Crippen LogP contribution in [0.25, 0.3) is 0 Å². The summed E-state index contributed by atoms with van der Waals surface area (Å²) in [5, 5.41) is 4.27. The van der Waals surface area contributed by atoms with Gasteiger partial charge >= 0.3 is 0 Å². The van der Waals surface area contributed by atoms with Crippen LogP contribution in [0.5, 0.6) is 0 Å². The Kier molecular flexibility index (Phi) is 4.09. The van der Waals surface area contributed by atoms with Gasteiger partial charge in [-0.1, -0.05) is 0 Å². The first-order chi connectivity index (χ1) is 9.02. The van der Waals surface area contributed by atoms with Gasteiger partial charge in [-0.2, -0.15) is 5.10 Å². The fourth-order valence-corrected chi connectivity index (χ4v) is 2.57. The molecule has 1 atom stereocenters. The van der Waals surface area contributed by atoms with Gasteiger partial charge in [0.15, 0.2) is 5.69 Å². The Morgan fingerprint density at radius 2 is 2.26 bits per heavy atom. The van der Waals surface area contributed by atoms with E-state index in [1.165, 1.54) is 0 Å². The molecular formula is C13H23N5O. The summed E-state index contributed by atoms with van der Waals surface area (Å²) < 4.78 is 1.71. The maximum atomic E-state index is 12.6. The van der Waals surface area contributed by atoms with E-state index in [2.05, 4.69) is 24.0 Å². The first kappa shape index (κ1) is 13.9. The van der Waals surface area contributed by atoms with Crippen LogP contribution in [0, 0.1) is 0 Å². The monoisotopic (exact) mass is 265 g/mol. The fourth-order valence-electron chi connectivity index (χ4n) is 2.57. The number of aromatic nitrogens is 2. The second kappa shape index (κ2) is 5.61. The number of hydrogen-bond acceptors (Lipinski definition) is 4. The molecule has 6 heteroatoms. The van der Waals surface area contributed by atoms with Crippen molar-refractivity contribution in [3.8, 4) is 0 Å². The topological polar surface area (TPSA) is 67.4 Å². The Labute approximate surface area is 114 Å². The quantitative estimate of drug-likeness (QED) is 0.852. The molecule has 1 aliphatic rings. The number of nitrogens with zero attached hydrogens (tertiary/aromatic N) is 4. The minimum absolute atomic E-state index is 0.0486. The first-order valence-electron chi connectivity index (χ1n) is 6.85. The highest BCUT2D eigenvalue weighted by molar-refractivity contribution is 5.97. The molecule has 19 heavy (non-hydrogen) atoms. The molecule has 0 aliphatic carbocycles. The number of rotatable bonds is 2. The van der Waals surface area contributed by atoms with Crippen molar-refractivity contribution in [1.29, 1.82) is 0 Å². The van der Waals surface area contributed by atoms with Crippen molar-refractivity contribution < 1.29 is 4.79 Å². The minimum Gasteiger partial charge on any atom is -0.396 e. The van der Waals surface area contributed by atoms with Gasteiger partial charge in [-0.25, -0.2) is 0 Å². The van der Waals surface area contributed by atoms with Gasteiger partial charge in [0.05, 0.1) is 5.69 Å². The summed E-state index contributed by atoms with van der Waals surface area (Å²) >= 11 is 0. The Morgan fingerprint density at radius 1 is 1.53 bits per heavy atom. The van der Waals surface area contributed by atoms with Crippen molar-refractivity contribution in [2.75, 3.05) is 32.4 Å². The van der Waals surface area contributed by atoms with Crippen LogP contribution in [0.2, 0.25) is 0 Å². The standard InChI is InChI=1S/C13H23N5O/c1-4-17-9-11(14)12(15-17)13(19)18-7-5-6-16(3)8-10(18)2/h9-10H,4-8,14H2,1-3H3. The average Bonchev–Trinajstić information content (AvgIpc) is 2.66. The number of anilines is 1. The molecule has 0 aromatic carbocycles. The lowest BCUT2D eigenvalue weighted by Gasteiger charge is -2.27. The molecule has 1 aliphatic heterocycles. The van der Waals surface area contributed by atoms with Crippen molar-refractivity contribution in [2.24, 2.45) is 0 Å². The van der Waals surface area contributed by atoms with Gasteiger partial charge in [0, 0.05) is 31.9 Å². The zero-order valence-electron chi connectivity index (χ0n) is 12.0. The highest BCUT2D eigenvalue weighted by Gasteiger charge is 2.27. The second-order valence-electron chi connectivity index (χ2n) is 5.25. The van der Waals surface area contributed by atoms with Crippen LogP contribution in [-0.4, -0.2) is 58.2 Å². The number of aryl methyl sites for hydroxylation is 1. The predicted molar refractivity (Wildman–Crippen MR) is 74.9 cm³/mol. The van der Waals surface area contributed by atoms with E-state index in [1.807, 2.05) is 11.8 Å². The lowest BCUT2D eigenvalue weighted by atomic mass is 10.2. The van der Waals surface area contributed by atoms with Crippen LogP contribution < -0.4 is 5.73 Å². The Balaban J connectivity index is 2.19. The smallest absolute Gasteiger partial charge is 0.276 e. The summed E-state index contributed by atoms with van der Waals surface area (Å²) in [7, 11) is 2.09. The number of carbonyl (C=O) groups is 1. The highest BCUT2D eigenvalue weighted by atomic mass is 16.2. The van der Waals surface area contributed by atoms with E-state index in [4.69, 9.17) is 5.73 Å². The van der Waals surface area contributed by atoms with E-state index in [1.54, 1.807) is 10.9 Å². The molecule has 1 amide bonds. The number of nitrogens with two attached hydrogens (primary N) is 1. The summed E-state index contributed by atoms with van der Waals surface area (Å²) in [5.74, 6) is -0.0486. The maximum Gasteiger partial charge on any atom is 0.276 e. The molecule has 1 saturated heterocycles. The van der Waals surface area contributed by atoms with Crippen LogP contribution in [0.4, 0.5) is 5.69 Å². The molecule has 2 heterocycles. The zero-order valence-corrected chi connectivity index (χ0v) is 12.0. The summed E-state index contributed by atoms with van der Waals surface area (Å²) in [4.78, 5) is 16.7. The molecule has 1 aromatic rings. The molecule has 106 valence electrons. The first-order valence-corrected chi connectivity index (χ1v) is 6.85. The molecule has 0 radical (unpaired) electrons. The van der Waals surface area contributed by atoms with Gasteiger partial charge < -0.3 is 15.5 Å². The molecule has 0 spiro atoms. The van der Waals surface area contributed by atoms with E-state index in [0.717, 1.165) is 32.6 Å². The SMILES string of the molecule is CCn1cc(N)c(C(=O)N2CCCN(C)CC2C)n1. The highest BCUT2D eigenvalue weighted by Crippen LogP contribution is 2.16. The van der Waals surface area contributed by atoms with Crippen molar-refractivity contribution >= 4 is 11.6 Å². The van der Waals surface area contributed by atoms with Crippen molar-refractivity contribution in [3.05, 3.63) is 11.9 Å². The number of likely N-dealkylation sites (N-methyl/N-ethyl adjacent to an activating group) is 1. The Bertz CT molecular complexity index is 456. The molecule has 1 aromatic heterocycles. The third-order valence-corrected chi connectivity index (χ3v) is 3.62. The molecule has 1 unspecified atom stereocenters. The molecular weight excluding hydrogens is 242 g/mol. The van der Waals surface area contributed by atoms with Gasteiger partial charge in [-0.15, -0.1) is 0 Å². The van der Waals surface area contributed by atoms with E-state index >= 15 is 0 Å². The normalized spacial score (nSPS) is 21.4. The van der Waals surface area contributed by atoms with Crippen molar-refractivity contribution in [3.63, 3.8) is 0 Å². The summed E-state index contributed by atoms with van der Waals surface area (Å²) in [6.45, 7) is 7.45. The van der Waals surface area contributed by atoms with Gasteiger partial charge in [0.2, 0.25) is 0 Å². The number of carbonyl (C=O) groups excluding carboxylic acids is 1. The van der Waals surface area contributed by atoms with E-state index in [9.17, 15) is 4.79 Å². The van der Waals surface area contributed by atoms with E-state index in [0.29, 0.717) is 11.4 Å². The fraction of sp³-hybridized carbons (Fsp3) is 0.692. The van der Waals surface area contributed by atoms with Gasteiger partial charge in [0.1, 0.15) is 0 Å². The summed E-state index contributed by atoms with van der Waals surface area (Å²) in [6, 6.07) is 0.186. The molecule has 0 saturated carbocycles. The molecule has 6 nitrogen and oxygen atoms in total. The number of nitrogen functional groups attached to an aromatic ring is 1. The van der Waals surface area contributed by atoms with Gasteiger partial charge in [-0.05, 0) is 33.9 Å².